The number of anilines is 1. The van der Waals surface area contributed by atoms with E-state index in [4.69, 9.17) is 0 Å². The van der Waals surface area contributed by atoms with Gasteiger partial charge in [-0.1, -0.05) is 0 Å². The van der Waals surface area contributed by atoms with E-state index in [0.29, 0.717) is 12.3 Å². The summed E-state index contributed by atoms with van der Waals surface area (Å²) in [5, 5.41) is 3.27. The van der Waals surface area contributed by atoms with Gasteiger partial charge >= 0.3 is 0 Å². The number of benzene rings is 1. The van der Waals surface area contributed by atoms with Crippen molar-refractivity contribution in [3.63, 3.8) is 0 Å². The average Bonchev–Trinajstić information content (AvgIpc) is 2.57. The van der Waals surface area contributed by atoms with Gasteiger partial charge in [0.15, 0.2) is 0 Å². The number of hydrogen-bond donors (Lipinski definition) is 3. The van der Waals surface area contributed by atoms with E-state index in [9.17, 15) is 21.2 Å². The van der Waals surface area contributed by atoms with Crippen molar-refractivity contribution >= 4 is 25.7 Å². The Labute approximate surface area is 148 Å². The molecule has 1 unspecified atom stereocenters. The summed E-state index contributed by atoms with van der Waals surface area (Å²) < 4.78 is 66.0. The Kier molecular flexibility index (Phi) is 6.78. The Morgan fingerprint density at radius 3 is 2.64 bits per heavy atom. The zero-order valence-electron chi connectivity index (χ0n) is 14.1. The highest BCUT2D eigenvalue weighted by molar-refractivity contribution is 7.92. The number of rotatable bonds is 8. The van der Waals surface area contributed by atoms with Crippen molar-refractivity contribution in [3.8, 4) is 0 Å². The number of nitrogens with one attached hydrogen (secondary N) is 3. The lowest BCUT2D eigenvalue weighted by molar-refractivity contribution is 0.358. The molecule has 0 radical (unpaired) electrons. The second-order valence-electron chi connectivity index (χ2n) is 6.05. The summed E-state index contributed by atoms with van der Waals surface area (Å²) in [4.78, 5) is -0.230. The monoisotopic (exact) mass is 393 g/mol. The second kappa shape index (κ2) is 8.43. The molecule has 142 valence electrons. The Morgan fingerprint density at radius 1 is 1.28 bits per heavy atom. The van der Waals surface area contributed by atoms with Gasteiger partial charge in [-0.25, -0.2) is 25.9 Å². The molecule has 10 heteroatoms. The molecule has 0 spiro atoms. The van der Waals surface area contributed by atoms with Crippen LogP contribution in [-0.4, -0.2) is 42.2 Å². The maximum absolute atomic E-state index is 14.0. The van der Waals surface area contributed by atoms with E-state index < -0.39 is 25.9 Å². The van der Waals surface area contributed by atoms with E-state index in [0.717, 1.165) is 38.1 Å². The third kappa shape index (κ3) is 5.91. The first-order valence-electron chi connectivity index (χ1n) is 8.24. The smallest absolute Gasteiger partial charge is 0.240 e. The highest BCUT2D eigenvalue weighted by atomic mass is 32.2. The van der Waals surface area contributed by atoms with Gasteiger partial charge in [0.1, 0.15) is 5.82 Å². The summed E-state index contributed by atoms with van der Waals surface area (Å²) in [7, 11) is -7.47. The zero-order valence-corrected chi connectivity index (χ0v) is 15.7. The van der Waals surface area contributed by atoms with Gasteiger partial charge < -0.3 is 5.32 Å². The molecule has 0 aromatic heterocycles. The highest BCUT2D eigenvalue weighted by Crippen LogP contribution is 2.20. The van der Waals surface area contributed by atoms with E-state index >= 15 is 0 Å². The molecule has 0 bridgehead atoms. The minimum Gasteiger partial charge on any atom is -0.316 e. The molecule has 1 aromatic rings. The third-order valence-electron chi connectivity index (χ3n) is 4.14. The fourth-order valence-electron chi connectivity index (χ4n) is 2.64. The largest absolute Gasteiger partial charge is 0.316 e. The molecule has 1 heterocycles. The van der Waals surface area contributed by atoms with Crippen LogP contribution < -0.4 is 14.8 Å². The number of hydrogen-bond acceptors (Lipinski definition) is 5. The third-order valence-corrected chi connectivity index (χ3v) is 6.89. The molecular weight excluding hydrogens is 369 g/mol. The van der Waals surface area contributed by atoms with Gasteiger partial charge in [0.2, 0.25) is 20.0 Å². The molecule has 0 aliphatic carbocycles. The molecule has 1 aliphatic heterocycles. The predicted molar refractivity (Wildman–Crippen MR) is 94.9 cm³/mol. The van der Waals surface area contributed by atoms with Crippen LogP contribution >= 0.6 is 0 Å². The van der Waals surface area contributed by atoms with E-state index in [1.165, 1.54) is 13.0 Å². The first-order valence-corrected chi connectivity index (χ1v) is 11.4. The standard InChI is InChI=1S/C15H24FN3O4S2/c1-2-24(20,21)19-15-6-5-13(10-14(15)16)25(22,23)18-9-7-12-4-3-8-17-11-12/h5-6,10,12,17-19H,2-4,7-9,11H2,1H3. The average molecular weight is 394 g/mol. The van der Waals surface area contributed by atoms with Gasteiger partial charge in [-0.2, -0.15) is 0 Å². The van der Waals surface area contributed by atoms with Gasteiger partial charge in [-0.15, -0.1) is 0 Å². The van der Waals surface area contributed by atoms with E-state index in [1.807, 2.05) is 0 Å². The summed E-state index contributed by atoms with van der Waals surface area (Å²) in [6, 6.07) is 3.11. The lowest BCUT2D eigenvalue weighted by Crippen LogP contribution is -2.33. The quantitative estimate of drug-likeness (QED) is 0.617. The van der Waals surface area contributed by atoms with Gasteiger partial charge in [0.25, 0.3) is 0 Å². The fourth-order valence-corrected chi connectivity index (χ4v) is 4.34. The van der Waals surface area contributed by atoms with Crippen molar-refractivity contribution in [2.75, 3.05) is 30.1 Å². The molecule has 1 aliphatic rings. The van der Waals surface area contributed by atoms with Crippen LogP contribution in [0.4, 0.5) is 10.1 Å². The van der Waals surface area contributed by atoms with Crippen LogP contribution in [0.1, 0.15) is 26.2 Å². The number of piperidine rings is 1. The second-order valence-corrected chi connectivity index (χ2v) is 9.82. The lowest BCUT2D eigenvalue weighted by Gasteiger charge is -2.22. The fraction of sp³-hybridized carbons (Fsp3) is 0.600. The molecule has 0 amide bonds. The Balaban J connectivity index is 2.00. The highest BCUT2D eigenvalue weighted by Gasteiger charge is 2.19. The van der Waals surface area contributed by atoms with Crippen LogP contribution in [-0.2, 0) is 20.0 Å². The van der Waals surface area contributed by atoms with Gasteiger partial charge in [-0.3, -0.25) is 4.72 Å². The van der Waals surface area contributed by atoms with Gasteiger partial charge in [0, 0.05) is 6.54 Å². The topological polar surface area (TPSA) is 104 Å². The van der Waals surface area contributed by atoms with E-state index in [1.54, 1.807) is 0 Å². The van der Waals surface area contributed by atoms with Crippen molar-refractivity contribution in [1.82, 2.24) is 10.0 Å². The SMILES string of the molecule is CCS(=O)(=O)Nc1ccc(S(=O)(=O)NCCC2CCCNC2)cc1F. The molecule has 1 aromatic carbocycles. The minimum absolute atomic E-state index is 0.204. The summed E-state index contributed by atoms with van der Waals surface area (Å²) in [6.07, 6.45) is 2.86. The van der Waals surface area contributed by atoms with Crippen LogP contribution in [0, 0.1) is 11.7 Å². The number of sulfonamides is 2. The molecule has 1 saturated heterocycles. The molecule has 25 heavy (non-hydrogen) atoms. The van der Waals surface area contributed by atoms with Crippen LogP contribution in [0.3, 0.4) is 0 Å². The molecule has 7 nitrogen and oxygen atoms in total. The molecule has 1 atom stereocenters. The summed E-state index contributed by atoms with van der Waals surface area (Å²) in [5.74, 6) is -0.709. The Morgan fingerprint density at radius 2 is 2.04 bits per heavy atom. The maximum Gasteiger partial charge on any atom is 0.240 e. The van der Waals surface area contributed by atoms with Crippen molar-refractivity contribution in [3.05, 3.63) is 24.0 Å². The van der Waals surface area contributed by atoms with Crippen molar-refractivity contribution in [2.45, 2.75) is 31.1 Å². The predicted octanol–water partition coefficient (Wildman–Crippen LogP) is 1.26. The maximum atomic E-state index is 14.0. The van der Waals surface area contributed by atoms with Crippen LogP contribution in [0.25, 0.3) is 0 Å². The first kappa shape index (κ1) is 20.1. The molecule has 2 rings (SSSR count). The first-order chi connectivity index (χ1) is 11.7. The zero-order chi connectivity index (χ0) is 18.5. The molecular formula is C15H24FN3O4S2. The molecule has 1 fully saturated rings. The van der Waals surface area contributed by atoms with Crippen molar-refractivity contribution < 1.29 is 21.2 Å². The number of halogens is 1. The Hall–Kier alpha value is -1.23. The summed E-state index contributed by atoms with van der Waals surface area (Å²) in [6.45, 7) is 3.57. The van der Waals surface area contributed by atoms with Crippen molar-refractivity contribution in [2.24, 2.45) is 5.92 Å². The molecule has 3 N–H and O–H groups in total. The summed E-state index contributed by atoms with van der Waals surface area (Å²) in [5.41, 5.74) is -0.269. The van der Waals surface area contributed by atoms with Crippen LogP contribution in [0.15, 0.2) is 23.1 Å². The lowest BCUT2D eigenvalue weighted by atomic mass is 9.96. The van der Waals surface area contributed by atoms with Gasteiger partial charge in [-0.05, 0) is 63.4 Å². The molecule has 0 saturated carbocycles. The van der Waals surface area contributed by atoms with Crippen LogP contribution in [0.5, 0.6) is 0 Å². The van der Waals surface area contributed by atoms with Crippen molar-refractivity contribution in [1.29, 1.82) is 0 Å². The Bertz CT molecular complexity index is 791. The van der Waals surface area contributed by atoms with E-state index in [-0.39, 0.29) is 22.9 Å². The minimum atomic E-state index is -3.84. The van der Waals surface area contributed by atoms with Gasteiger partial charge in [0.05, 0.1) is 16.3 Å². The van der Waals surface area contributed by atoms with Crippen LogP contribution in [0.2, 0.25) is 0 Å². The summed E-state index contributed by atoms with van der Waals surface area (Å²) >= 11 is 0. The van der Waals surface area contributed by atoms with E-state index in [2.05, 4.69) is 14.8 Å². The normalized spacial score (nSPS) is 18.9.